The quantitative estimate of drug-likeness (QED) is 0.373. The Balaban J connectivity index is 1.30. The predicted molar refractivity (Wildman–Crippen MR) is 152 cm³/mol. The molecule has 0 radical (unpaired) electrons. The predicted octanol–water partition coefficient (Wildman–Crippen LogP) is 3.61. The summed E-state index contributed by atoms with van der Waals surface area (Å²) >= 11 is 12.1. The van der Waals surface area contributed by atoms with Gasteiger partial charge in [-0.15, -0.1) is 0 Å². The first-order chi connectivity index (χ1) is 18.7. The molecule has 5 rings (SSSR count). The van der Waals surface area contributed by atoms with Gasteiger partial charge in [-0.05, 0) is 42.3 Å². The number of amidine groups is 1. The van der Waals surface area contributed by atoms with Crippen LogP contribution in [0.25, 0.3) is 0 Å². The smallest absolute Gasteiger partial charge is 0.265 e. The van der Waals surface area contributed by atoms with Crippen LogP contribution < -0.4 is 20.3 Å². The molecule has 0 aromatic heterocycles. The number of rotatable bonds is 8. The molecule has 39 heavy (non-hydrogen) atoms. The van der Waals surface area contributed by atoms with Crippen LogP contribution in [0.4, 0.5) is 11.4 Å². The summed E-state index contributed by atoms with van der Waals surface area (Å²) in [5.74, 6) is 0.110. The third kappa shape index (κ3) is 5.73. The summed E-state index contributed by atoms with van der Waals surface area (Å²) in [7, 11) is -4.21. The number of benzene rings is 3. The van der Waals surface area contributed by atoms with E-state index in [0.717, 1.165) is 34.4 Å². The Bertz CT molecular complexity index is 1560. The molecule has 202 valence electrons. The lowest BCUT2D eigenvalue weighted by molar-refractivity contribution is -0.121. The van der Waals surface area contributed by atoms with Crippen LogP contribution in [0, 0.1) is 0 Å². The van der Waals surface area contributed by atoms with E-state index in [1.807, 2.05) is 24.3 Å². The fraction of sp³-hybridized carbons (Fsp3) is 0.222. The van der Waals surface area contributed by atoms with E-state index in [4.69, 9.17) is 23.2 Å². The van der Waals surface area contributed by atoms with E-state index in [0.29, 0.717) is 11.4 Å². The molecule has 2 aliphatic heterocycles. The second-order valence-corrected chi connectivity index (χ2v) is 11.7. The molecular weight excluding hydrogens is 561 g/mol. The molecule has 9 nitrogen and oxygen atoms in total. The molecule has 1 atom stereocenters. The number of para-hydroxylation sites is 2. The van der Waals surface area contributed by atoms with Crippen LogP contribution in [-0.4, -0.2) is 51.7 Å². The van der Waals surface area contributed by atoms with Gasteiger partial charge in [0.25, 0.3) is 10.0 Å². The fourth-order valence-corrected chi connectivity index (χ4v) is 6.58. The standard InChI is InChI=1S/C27H25Cl2N5O4S/c28-20-10-9-19(16-21(20)29)39(37,38)34-23-4-2-1-3-22(23)33-27(36)24(34)11-12-30-25(35)15-17-5-7-18(8-6-17)26-31-13-14-32-26/h1-10,16,24H,11-15H2,(H,30,35)(H,31,32)(H,33,36)/t24-/m1/s1. The van der Waals surface area contributed by atoms with E-state index in [1.165, 1.54) is 18.2 Å². The molecule has 0 bridgehead atoms. The number of hydrogen-bond acceptors (Lipinski definition) is 6. The van der Waals surface area contributed by atoms with Crippen LogP contribution in [-0.2, 0) is 26.0 Å². The minimum Gasteiger partial charge on any atom is -0.368 e. The summed E-state index contributed by atoms with van der Waals surface area (Å²) < 4.78 is 28.6. The van der Waals surface area contributed by atoms with E-state index in [2.05, 4.69) is 20.9 Å². The van der Waals surface area contributed by atoms with Gasteiger partial charge in [-0.3, -0.25) is 18.9 Å². The van der Waals surface area contributed by atoms with Crippen molar-refractivity contribution in [3.8, 4) is 0 Å². The number of anilines is 2. The van der Waals surface area contributed by atoms with E-state index in [9.17, 15) is 18.0 Å². The van der Waals surface area contributed by atoms with Gasteiger partial charge < -0.3 is 16.0 Å². The largest absolute Gasteiger partial charge is 0.368 e. The molecule has 12 heteroatoms. The number of nitrogens with zero attached hydrogens (tertiary/aromatic N) is 2. The summed E-state index contributed by atoms with van der Waals surface area (Å²) in [6.07, 6.45) is 0.196. The fourth-order valence-electron chi connectivity index (χ4n) is 4.53. The van der Waals surface area contributed by atoms with Gasteiger partial charge in [0, 0.05) is 18.7 Å². The van der Waals surface area contributed by atoms with Gasteiger partial charge >= 0.3 is 0 Å². The zero-order valence-electron chi connectivity index (χ0n) is 20.7. The van der Waals surface area contributed by atoms with Crippen molar-refractivity contribution in [2.45, 2.75) is 23.8 Å². The Morgan fingerprint density at radius 2 is 1.82 bits per heavy atom. The molecule has 3 N–H and O–H groups in total. The second kappa shape index (κ2) is 11.3. The zero-order chi connectivity index (χ0) is 27.6. The molecule has 0 unspecified atom stereocenters. The number of amides is 2. The Labute approximate surface area is 236 Å². The first-order valence-corrected chi connectivity index (χ1v) is 14.5. The van der Waals surface area contributed by atoms with Crippen molar-refractivity contribution in [3.63, 3.8) is 0 Å². The minimum atomic E-state index is -4.21. The summed E-state index contributed by atoms with van der Waals surface area (Å²) in [6.45, 7) is 1.65. The Kier molecular flexibility index (Phi) is 7.79. The van der Waals surface area contributed by atoms with E-state index >= 15 is 0 Å². The molecule has 3 aromatic carbocycles. The number of carbonyl (C=O) groups is 2. The topological polar surface area (TPSA) is 120 Å². The van der Waals surface area contributed by atoms with E-state index in [-0.39, 0.29) is 40.2 Å². The zero-order valence-corrected chi connectivity index (χ0v) is 23.0. The number of sulfonamides is 1. The van der Waals surface area contributed by atoms with Crippen LogP contribution in [0.15, 0.2) is 76.6 Å². The number of halogens is 2. The highest BCUT2D eigenvalue weighted by atomic mass is 35.5. The van der Waals surface area contributed by atoms with Gasteiger partial charge in [0.15, 0.2) is 0 Å². The lowest BCUT2D eigenvalue weighted by atomic mass is 10.1. The van der Waals surface area contributed by atoms with Crippen molar-refractivity contribution in [1.29, 1.82) is 0 Å². The summed E-state index contributed by atoms with van der Waals surface area (Å²) in [5.41, 5.74) is 2.47. The van der Waals surface area contributed by atoms with Crippen molar-refractivity contribution in [1.82, 2.24) is 10.6 Å². The maximum absolute atomic E-state index is 13.8. The van der Waals surface area contributed by atoms with Gasteiger partial charge in [0.1, 0.15) is 11.9 Å². The number of fused-ring (bicyclic) bond motifs is 1. The van der Waals surface area contributed by atoms with Gasteiger partial charge in [0.2, 0.25) is 11.8 Å². The molecule has 2 amide bonds. The molecule has 0 fully saturated rings. The first-order valence-electron chi connectivity index (χ1n) is 12.3. The summed E-state index contributed by atoms with van der Waals surface area (Å²) in [4.78, 5) is 30.0. The van der Waals surface area contributed by atoms with Gasteiger partial charge in [-0.1, -0.05) is 59.6 Å². The minimum absolute atomic E-state index is 0.0525. The SMILES string of the molecule is O=C(Cc1ccc(C2=NCCN2)cc1)NCC[C@@H]1C(=O)Nc2ccccc2N1S(=O)(=O)c1ccc(Cl)c(Cl)c1. The van der Waals surface area contributed by atoms with Crippen LogP contribution in [0.5, 0.6) is 0 Å². The monoisotopic (exact) mass is 585 g/mol. The molecule has 2 aliphatic rings. The van der Waals surface area contributed by atoms with Crippen molar-refractivity contribution in [2.24, 2.45) is 4.99 Å². The molecule has 0 spiro atoms. The number of nitrogens with one attached hydrogen (secondary N) is 3. The average Bonchev–Trinajstić information content (AvgIpc) is 3.46. The van der Waals surface area contributed by atoms with Crippen LogP contribution >= 0.6 is 23.2 Å². The third-order valence-corrected chi connectivity index (χ3v) is 9.00. The molecular formula is C27H25Cl2N5O4S. The van der Waals surface area contributed by atoms with E-state index < -0.39 is 22.0 Å². The summed E-state index contributed by atoms with van der Waals surface area (Å²) in [5, 5.41) is 9.08. The van der Waals surface area contributed by atoms with E-state index in [1.54, 1.807) is 24.3 Å². The molecule has 2 heterocycles. The number of hydrogen-bond donors (Lipinski definition) is 3. The van der Waals surface area contributed by atoms with Crippen molar-refractivity contribution < 1.29 is 18.0 Å². The van der Waals surface area contributed by atoms with Crippen molar-refractivity contribution in [3.05, 3.63) is 87.9 Å². The lowest BCUT2D eigenvalue weighted by Crippen LogP contribution is -2.52. The highest BCUT2D eigenvalue weighted by Gasteiger charge is 2.40. The molecule has 0 aliphatic carbocycles. The van der Waals surface area contributed by atoms with Crippen molar-refractivity contribution in [2.75, 3.05) is 29.3 Å². The number of aliphatic imine (C=N–C) groups is 1. The Morgan fingerprint density at radius 3 is 2.54 bits per heavy atom. The summed E-state index contributed by atoms with van der Waals surface area (Å²) in [6, 6.07) is 17.1. The molecule has 0 saturated heterocycles. The van der Waals surface area contributed by atoms with Crippen molar-refractivity contribution >= 4 is 62.2 Å². The van der Waals surface area contributed by atoms with Gasteiger partial charge in [-0.25, -0.2) is 8.42 Å². The normalized spacial score (nSPS) is 16.7. The van der Waals surface area contributed by atoms with Crippen LogP contribution in [0.1, 0.15) is 17.5 Å². The lowest BCUT2D eigenvalue weighted by Gasteiger charge is -2.37. The van der Waals surface area contributed by atoms with Gasteiger partial charge in [-0.2, -0.15) is 0 Å². The maximum Gasteiger partial charge on any atom is 0.265 e. The Hall–Kier alpha value is -3.60. The van der Waals surface area contributed by atoms with Crippen LogP contribution in [0.2, 0.25) is 10.0 Å². The molecule has 0 saturated carbocycles. The highest BCUT2D eigenvalue weighted by molar-refractivity contribution is 7.93. The third-order valence-electron chi connectivity index (χ3n) is 6.44. The second-order valence-electron chi connectivity index (χ2n) is 9.07. The maximum atomic E-state index is 13.8. The highest BCUT2D eigenvalue weighted by Crippen LogP contribution is 2.38. The Morgan fingerprint density at radius 1 is 1.05 bits per heavy atom. The van der Waals surface area contributed by atoms with Gasteiger partial charge in [0.05, 0.1) is 39.3 Å². The number of carbonyl (C=O) groups excluding carboxylic acids is 2. The first kappa shape index (κ1) is 27.0. The average molecular weight is 587 g/mol. The molecule has 3 aromatic rings. The van der Waals surface area contributed by atoms with Crippen LogP contribution in [0.3, 0.4) is 0 Å².